The summed E-state index contributed by atoms with van der Waals surface area (Å²) in [6.45, 7) is 0. The van der Waals surface area contributed by atoms with Crippen molar-refractivity contribution in [3.05, 3.63) is 47.5 Å². The number of carboxylic acids is 1. The van der Waals surface area contributed by atoms with Crippen molar-refractivity contribution < 1.29 is 14.7 Å². The van der Waals surface area contributed by atoms with E-state index in [1.807, 2.05) is 24.3 Å². The summed E-state index contributed by atoms with van der Waals surface area (Å²) in [5, 5.41) is 12.3. The van der Waals surface area contributed by atoms with Crippen LogP contribution in [0, 0.1) is 5.92 Å². The van der Waals surface area contributed by atoms with Crippen molar-refractivity contribution in [3.8, 4) is 0 Å². The highest BCUT2D eigenvalue weighted by Crippen LogP contribution is 2.34. The van der Waals surface area contributed by atoms with Gasteiger partial charge < -0.3 is 10.4 Å². The highest BCUT2D eigenvalue weighted by atomic mass is 16.4. The molecular formula is C19H23NO3. The lowest BCUT2D eigenvalue weighted by molar-refractivity contribution is -0.142. The van der Waals surface area contributed by atoms with Crippen LogP contribution in [0.4, 0.5) is 0 Å². The number of amides is 1. The molecule has 4 nitrogen and oxygen atoms in total. The Bertz CT molecular complexity index is 615. The summed E-state index contributed by atoms with van der Waals surface area (Å²) in [6, 6.07) is 7.46. The monoisotopic (exact) mass is 313 g/mol. The maximum Gasteiger partial charge on any atom is 0.326 e. The number of nitrogens with one attached hydrogen (secondary N) is 1. The lowest BCUT2D eigenvalue weighted by atomic mass is 9.79. The minimum absolute atomic E-state index is 0.101. The number of benzene rings is 1. The molecular weight excluding hydrogens is 290 g/mol. The van der Waals surface area contributed by atoms with E-state index < -0.39 is 12.0 Å². The number of carboxylic acid groups (broad SMARTS) is 1. The predicted molar refractivity (Wildman–Crippen MR) is 88.2 cm³/mol. The fraction of sp³-hybridized carbons (Fsp3) is 0.474. The summed E-state index contributed by atoms with van der Waals surface area (Å²) in [5.41, 5.74) is 2.57. The van der Waals surface area contributed by atoms with Gasteiger partial charge in [0.1, 0.15) is 6.04 Å². The van der Waals surface area contributed by atoms with Crippen LogP contribution in [0.5, 0.6) is 0 Å². The summed E-state index contributed by atoms with van der Waals surface area (Å²) >= 11 is 0. The number of hydrogen-bond acceptors (Lipinski definition) is 2. The smallest absolute Gasteiger partial charge is 0.326 e. The van der Waals surface area contributed by atoms with Gasteiger partial charge in [-0.05, 0) is 55.6 Å². The number of carbonyl (C=O) groups is 2. The zero-order chi connectivity index (χ0) is 16.2. The van der Waals surface area contributed by atoms with Crippen molar-refractivity contribution in [2.45, 2.75) is 50.5 Å². The summed E-state index contributed by atoms with van der Waals surface area (Å²) in [4.78, 5) is 23.8. The Labute approximate surface area is 136 Å². The molecule has 0 fully saturated rings. The van der Waals surface area contributed by atoms with Crippen LogP contribution in [0.3, 0.4) is 0 Å². The average Bonchev–Trinajstić information content (AvgIpc) is 3.09. The molecule has 0 spiro atoms. The second kappa shape index (κ2) is 6.99. The quantitative estimate of drug-likeness (QED) is 0.821. The first kappa shape index (κ1) is 15.8. The minimum atomic E-state index is -0.938. The van der Waals surface area contributed by atoms with Gasteiger partial charge in [-0.2, -0.15) is 0 Å². The first-order valence-electron chi connectivity index (χ1n) is 8.41. The van der Waals surface area contributed by atoms with Gasteiger partial charge in [0.2, 0.25) is 5.91 Å². The zero-order valence-electron chi connectivity index (χ0n) is 13.2. The number of allylic oxidation sites excluding steroid dienone is 2. The third-order valence-electron chi connectivity index (χ3n) is 5.01. The number of fused-ring (bicyclic) bond motifs is 1. The van der Waals surface area contributed by atoms with E-state index in [4.69, 9.17) is 0 Å². The van der Waals surface area contributed by atoms with Crippen LogP contribution in [-0.4, -0.2) is 23.0 Å². The first-order chi connectivity index (χ1) is 11.1. The lowest BCUT2D eigenvalue weighted by Gasteiger charge is -2.28. The molecule has 0 aliphatic heterocycles. The standard InChI is InChI=1S/C19H23NO3/c21-18(14-7-1-2-8-14)20-17(19(22)23)12-15-10-5-9-13-6-3-4-11-16(13)15/h1-4,6,11,14-15,17H,5,7-10,12H2,(H,20,21)(H,22,23). The molecule has 2 atom stereocenters. The molecule has 2 aliphatic carbocycles. The Balaban J connectivity index is 1.68. The highest BCUT2D eigenvalue weighted by molar-refractivity contribution is 5.85. The number of rotatable bonds is 5. The molecule has 4 heteroatoms. The second-order valence-electron chi connectivity index (χ2n) is 6.56. The molecule has 1 aromatic carbocycles. The van der Waals surface area contributed by atoms with Crippen LogP contribution < -0.4 is 5.32 Å². The largest absolute Gasteiger partial charge is 0.480 e. The van der Waals surface area contributed by atoms with E-state index in [-0.39, 0.29) is 17.7 Å². The predicted octanol–water partition coefficient (Wildman–Crippen LogP) is 3.03. The molecule has 23 heavy (non-hydrogen) atoms. The summed E-state index contributed by atoms with van der Waals surface area (Å²) in [5.74, 6) is -0.961. The zero-order valence-corrected chi connectivity index (χ0v) is 13.2. The third-order valence-corrected chi connectivity index (χ3v) is 5.01. The van der Waals surface area contributed by atoms with Gasteiger partial charge in [-0.25, -0.2) is 4.79 Å². The molecule has 0 saturated heterocycles. The number of carbonyl (C=O) groups excluding carboxylic acids is 1. The molecule has 0 heterocycles. The maximum atomic E-state index is 12.2. The van der Waals surface area contributed by atoms with Gasteiger partial charge in [0, 0.05) is 5.92 Å². The van der Waals surface area contributed by atoms with Gasteiger partial charge >= 0.3 is 5.97 Å². The normalized spacial score (nSPS) is 21.7. The Morgan fingerprint density at radius 1 is 1.22 bits per heavy atom. The second-order valence-corrected chi connectivity index (χ2v) is 6.56. The SMILES string of the molecule is O=C(NC(CC1CCCc2ccccc21)C(=O)O)C1CC=CC1. The van der Waals surface area contributed by atoms with Crippen LogP contribution in [0.25, 0.3) is 0 Å². The Kier molecular flexibility index (Phi) is 4.79. The van der Waals surface area contributed by atoms with Crippen molar-refractivity contribution in [2.24, 2.45) is 5.92 Å². The van der Waals surface area contributed by atoms with E-state index >= 15 is 0 Å². The van der Waals surface area contributed by atoms with E-state index in [0.717, 1.165) is 19.3 Å². The molecule has 0 aromatic heterocycles. The molecule has 2 aliphatic rings. The van der Waals surface area contributed by atoms with Gasteiger partial charge in [-0.1, -0.05) is 36.4 Å². The Morgan fingerprint density at radius 2 is 1.96 bits per heavy atom. The van der Waals surface area contributed by atoms with Gasteiger partial charge in [0.15, 0.2) is 0 Å². The van der Waals surface area contributed by atoms with Crippen LogP contribution in [0.1, 0.15) is 49.1 Å². The number of hydrogen-bond donors (Lipinski definition) is 2. The first-order valence-corrected chi connectivity index (χ1v) is 8.41. The summed E-state index contributed by atoms with van der Waals surface area (Å²) in [6.07, 6.45) is 8.99. The van der Waals surface area contributed by atoms with Crippen LogP contribution in [0.15, 0.2) is 36.4 Å². The molecule has 1 aromatic rings. The van der Waals surface area contributed by atoms with E-state index in [1.165, 1.54) is 11.1 Å². The molecule has 0 bridgehead atoms. The van der Waals surface area contributed by atoms with E-state index in [2.05, 4.69) is 17.4 Å². The van der Waals surface area contributed by atoms with Gasteiger partial charge in [0.25, 0.3) is 0 Å². The Hall–Kier alpha value is -2.10. The average molecular weight is 313 g/mol. The van der Waals surface area contributed by atoms with Crippen LogP contribution in [-0.2, 0) is 16.0 Å². The molecule has 0 saturated carbocycles. The molecule has 0 radical (unpaired) electrons. The summed E-state index contributed by atoms with van der Waals surface area (Å²) in [7, 11) is 0. The Morgan fingerprint density at radius 3 is 2.70 bits per heavy atom. The highest BCUT2D eigenvalue weighted by Gasteiger charge is 2.30. The van der Waals surface area contributed by atoms with E-state index in [9.17, 15) is 14.7 Å². The van der Waals surface area contributed by atoms with Crippen molar-refractivity contribution >= 4 is 11.9 Å². The van der Waals surface area contributed by atoms with Crippen LogP contribution in [0.2, 0.25) is 0 Å². The minimum Gasteiger partial charge on any atom is -0.480 e. The van der Waals surface area contributed by atoms with Crippen LogP contribution >= 0.6 is 0 Å². The fourth-order valence-electron chi connectivity index (χ4n) is 3.73. The molecule has 122 valence electrons. The van der Waals surface area contributed by atoms with E-state index in [0.29, 0.717) is 19.3 Å². The van der Waals surface area contributed by atoms with Crippen molar-refractivity contribution in [1.29, 1.82) is 0 Å². The number of aliphatic carboxylic acids is 1. The molecule has 1 amide bonds. The van der Waals surface area contributed by atoms with Gasteiger partial charge in [0.05, 0.1) is 0 Å². The lowest BCUT2D eigenvalue weighted by Crippen LogP contribution is -2.44. The topological polar surface area (TPSA) is 66.4 Å². The maximum absolute atomic E-state index is 12.2. The third kappa shape index (κ3) is 3.63. The number of aryl methyl sites for hydroxylation is 1. The van der Waals surface area contributed by atoms with Crippen molar-refractivity contribution in [1.82, 2.24) is 5.32 Å². The fourth-order valence-corrected chi connectivity index (χ4v) is 3.73. The van der Waals surface area contributed by atoms with Gasteiger partial charge in [-0.15, -0.1) is 0 Å². The van der Waals surface area contributed by atoms with E-state index in [1.54, 1.807) is 0 Å². The van der Waals surface area contributed by atoms with Crippen molar-refractivity contribution in [2.75, 3.05) is 0 Å². The molecule has 2 N–H and O–H groups in total. The summed E-state index contributed by atoms with van der Waals surface area (Å²) < 4.78 is 0. The molecule has 2 unspecified atom stereocenters. The molecule has 3 rings (SSSR count). The van der Waals surface area contributed by atoms with Gasteiger partial charge in [-0.3, -0.25) is 4.79 Å². The van der Waals surface area contributed by atoms with Crippen molar-refractivity contribution in [3.63, 3.8) is 0 Å².